The molecule has 1 amide bonds. The van der Waals surface area contributed by atoms with E-state index in [1.54, 1.807) is 0 Å². The van der Waals surface area contributed by atoms with E-state index in [1.807, 2.05) is 50.2 Å². The molecule has 3 aromatic rings. The molecule has 0 fully saturated rings. The number of benzene rings is 2. The molecule has 0 aliphatic carbocycles. The summed E-state index contributed by atoms with van der Waals surface area (Å²) in [6.07, 6.45) is 0.967. The lowest BCUT2D eigenvalue weighted by Gasteiger charge is -2.13. The van der Waals surface area contributed by atoms with E-state index in [2.05, 4.69) is 46.1 Å². The highest BCUT2D eigenvalue weighted by Gasteiger charge is 2.20. The van der Waals surface area contributed by atoms with E-state index in [0.29, 0.717) is 0 Å². The highest BCUT2D eigenvalue weighted by atomic mass is 32.2. The summed E-state index contributed by atoms with van der Waals surface area (Å²) in [5.74, 6) is 0.802. The maximum absolute atomic E-state index is 12.6. The molecule has 0 unspecified atom stereocenters. The SMILES string of the molecule is CCCn1c(S[C@@H](C)C(=O)Nc2ccc(C)cc2)nnc1-c1cccc(C)c1. The highest BCUT2D eigenvalue weighted by Crippen LogP contribution is 2.28. The van der Waals surface area contributed by atoms with Crippen LogP contribution in [-0.4, -0.2) is 25.9 Å². The molecule has 28 heavy (non-hydrogen) atoms. The largest absolute Gasteiger partial charge is 0.325 e. The van der Waals surface area contributed by atoms with E-state index in [4.69, 9.17) is 0 Å². The van der Waals surface area contributed by atoms with Crippen molar-refractivity contribution in [1.29, 1.82) is 0 Å². The second-order valence-electron chi connectivity index (χ2n) is 6.94. The monoisotopic (exact) mass is 394 g/mol. The maximum Gasteiger partial charge on any atom is 0.237 e. The molecule has 0 spiro atoms. The first-order valence-electron chi connectivity index (χ1n) is 9.52. The van der Waals surface area contributed by atoms with Gasteiger partial charge in [-0.05, 0) is 45.4 Å². The topological polar surface area (TPSA) is 59.8 Å². The first kappa shape index (κ1) is 20.1. The van der Waals surface area contributed by atoms with Gasteiger partial charge in [0.25, 0.3) is 0 Å². The molecule has 1 atom stereocenters. The minimum atomic E-state index is -0.286. The van der Waals surface area contributed by atoms with Gasteiger partial charge >= 0.3 is 0 Å². The Labute approximate surface area is 170 Å². The molecule has 0 saturated carbocycles. The van der Waals surface area contributed by atoms with Crippen molar-refractivity contribution in [3.05, 3.63) is 59.7 Å². The molecule has 0 radical (unpaired) electrons. The Bertz CT molecular complexity index is 949. The van der Waals surface area contributed by atoms with Crippen molar-refractivity contribution in [2.75, 3.05) is 5.32 Å². The quantitative estimate of drug-likeness (QED) is 0.567. The zero-order valence-electron chi connectivity index (χ0n) is 16.8. The Balaban J connectivity index is 1.77. The van der Waals surface area contributed by atoms with Gasteiger partial charge in [-0.1, -0.05) is 60.1 Å². The molecule has 0 saturated heterocycles. The van der Waals surface area contributed by atoms with Crippen LogP contribution in [0.5, 0.6) is 0 Å². The third-order valence-corrected chi connectivity index (χ3v) is 5.49. The van der Waals surface area contributed by atoms with Gasteiger partial charge in [-0.15, -0.1) is 10.2 Å². The standard InChI is InChI=1S/C22H26N4OS/c1-5-13-26-20(18-8-6-7-16(3)14-18)24-25-22(26)28-17(4)21(27)23-19-11-9-15(2)10-12-19/h6-12,14,17H,5,13H2,1-4H3,(H,23,27)/t17-/m0/s1. The Hall–Kier alpha value is -2.60. The van der Waals surface area contributed by atoms with Crippen molar-refractivity contribution in [3.63, 3.8) is 0 Å². The molecule has 0 bridgehead atoms. The number of hydrogen-bond acceptors (Lipinski definition) is 4. The van der Waals surface area contributed by atoms with E-state index < -0.39 is 0 Å². The third kappa shape index (κ3) is 4.81. The Morgan fingerprint density at radius 2 is 1.86 bits per heavy atom. The molecule has 0 aliphatic heterocycles. The summed E-state index contributed by atoms with van der Waals surface area (Å²) in [7, 11) is 0. The molecule has 1 heterocycles. The maximum atomic E-state index is 12.6. The van der Waals surface area contributed by atoms with Crippen LogP contribution in [0.25, 0.3) is 11.4 Å². The zero-order chi connectivity index (χ0) is 20.1. The molecule has 1 N–H and O–H groups in total. The van der Waals surface area contributed by atoms with Crippen molar-refractivity contribution in [2.45, 2.75) is 51.1 Å². The number of carbonyl (C=O) groups excluding carboxylic acids is 1. The number of aromatic nitrogens is 3. The summed E-state index contributed by atoms with van der Waals surface area (Å²) in [5, 5.41) is 12.2. The second kappa shape index (κ2) is 9.06. The van der Waals surface area contributed by atoms with Gasteiger partial charge in [0.15, 0.2) is 11.0 Å². The number of hydrogen-bond donors (Lipinski definition) is 1. The van der Waals surface area contributed by atoms with Gasteiger partial charge in [0.05, 0.1) is 5.25 Å². The van der Waals surface area contributed by atoms with E-state index in [1.165, 1.54) is 17.3 Å². The minimum Gasteiger partial charge on any atom is -0.325 e. The number of amides is 1. The Kier molecular flexibility index (Phi) is 6.52. The van der Waals surface area contributed by atoms with Crippen molar-refractivity contribution in [3.8, 4) is 11.4 Å². The number of rotatable bonds is 7. The predicted molar refractivity (Wildman–Crippen MR) is 116 cm³/mol. The van der Waals surface area contributed by atoms with Crippen molar-refractivity contribution in [2.24, 2.45) is 0 Å². The van der Waals surface area contributed by atoms with Gasteiger partial charge < -0.3 is 9.88 Å². The van der Waals surface area contributed by atoms with Gasteiger partial charge in [0, 0.05) is 17.8 Å². The van der Waals surface area contributed by atoms with Crippen molar-refractivity contribution in [1.82, 2.24) is 14.8 Å². The van der Waals surface area contributed by atoms with E-state index in [-0.39, 0.29) is 11.2 Å². The fraction of sp³-hybridized carbons (Fsp3) is 0.318. The molecule has 3 rings (SSSR count). The average Bonchev–Trinajstić information content (AvgIpc) is 3.06. The number of aryl methyl sites for hydroxylation is 2. The second-order valence-corrected chi connectivity index (χ2v) is 8.25. The molecular weight excluding hydrogens is 368 g/mol. The van der Waals surface area contributed by atoms with Crippen LogP contribution in [0, 0.1) is 13.8 Å². The lowest BCUT2D eigenvalue weighted by Crippen LogP contribution is -2.23. The van der Waals surface area contributed by atoms with Crippen molar-refractivity contribution >= 4 is 23.4 Å². The lowest BCUT2D eigenvalue weighted by molar-refractivity contribution is -0.115. The summed E-state index contributed by atoms with van der Waals surface area (Å²) in [5.41, 5.74) is 4.20. The summed E-state index contributed by atoms with van der Waals surface area (Å²) in [6.45, 7) is 8.92. The number of anilines is 1. The van der Waals surface area contributed by atoms with Gasteiger partial charge in [0.2, 0.25) is 5.91 Å². The highest BCUT2D eigenvalue weighted by molar-refractivity contribution is 8.00. The van der Waals surface area contributed by atoms with Crippen molar-refractivity contribution < 1.29 is 4.79 Å². The number of nitrogens with one attached hydrogen (secondary N) is 1. The molecular formula is C22H26N4OS. The van der Waals surface area contributed by atoms with Crippen LogP contribution in [0.3, 0.4) is 0 Å². The molecule has 0 aliphatic rings. The first-order valence-corrected chi connectivity index (χ1v) is 10.4. The Morgan fingerprint density at radius 1 is 1.11 bits per heavy atom. The zero-order valence-corrected chi connectivity index (χ0v) is 17.6. The molecule has 6 heteroatoms. The van der Waals surface area contributed by atoms with Crippen LogP contribution in [-0.2, 0) is 11.3 Å². The van der Waals surface area contributed by atoms with Crippen LogP contribution in [0.4, 0.5) is 5.69 Å². The first-order chi connectivity index (χ1) is 13.5. The van der Waals surface area contributed by atoms with E-state index in [0.717, 1.165) is 40.8 Å². The third-order valence-electron chi connectivity index (χ3n) is 4.41. The van der Waals surface area contributed by atoms with Gasteiger partial charge in [0.1, 0.15) is 0 Å². The molecule has 1 aromatic heterocycles. The summed E-state index contributed by atoms with van der Waals surface area (Å²) in [6, 6.07) is 16.1. The fourth-order valence-corrected chi connectivity index (χ4v) is 3.77. The number of carbonyl (C=O) groups is 1. The summed E-state index contributed by atoms with van der Waals surface area (Å²) >= 11 is 1.44. The predicted octanol–water partition coefficient (Wildman–Crippen LogP) is 5.09. The lowest BCUT2D eigenvalue weighted by atomic mass is 10.1. The van der Waals surface area contributed by atoms with E-state index >= 15 is 0 Å². The van der Waals surface area contributed by atoms with E-state index in [9.17, 15) is 4.79 Å². The van der Waals surface area contributed by atoms with Gasteiger partial charge in [-0.25, -0.2) is 0 Å². The normalized spacial score (nSPS) is 12.0. The van der Waals surface area contributed by atoms with Crippen LogP contribution >= 0.6 is 11.8 Å². The fourth-order valence-electron chi connectivity index (χ4n) is 2.89. The van der Waals surface area contributed by atoms with Gasteiger partial charge in [-0.3, -0.25) is 4.79 Å². The van der Waals surface area contributed by atoms with Crippen LogP contribution in [0.15, 0.2) is 53.7 Å². The minimum absolute atomic E-state index is 0.0444. The molecule has 2 aromatic carbocycles. The van der Waals surface area contributed by atoms with Crippen LogP contribution in [0.2, 0.25) is 0 Å². The van der Waals surface area contributed by atoms with Gasteiger partial charge in [-0.2, -0.15) is 0 Å². The summed E-state index contributed by atoms with van der Waals surface area (Å²) < 4.78 is 2.11. The number of nitrogens with zero attached hydrogens (tertiary/aromatic N) is 3. The number of thioether (sulfide) groups is 1. The Morgan fingerprint density at radius 3 is 2.54 bits per heavy atom. The summed E-state index contributed by atoms with van der Waals surface area (Å²) in [4.78, 5) is 12.6. The van der Waals surface area contributed by atoms with Crippen LogP contribution < -0.4 is 5.32 Å². The smallest absolute Gasteiger partial charge is 0.237 e. The molecule has 146 valence electrons. The van der Waals surface area contributed by atoms with Crippen LogP contribution in [0.1, 0.15) is 31.4 Å². The molecule has 5 nitrogen and oxygen atoms in total. The average molecular weight is 395 g/mol.